The number of hydrogen-bond donors (Lipinski definition) is 1. The average molecular weight is 237 g/mol. The number of benzene rings is 1. The third-order valence-corrected chi connectivity index (χ3v) is 2.77. The molecule has 1 aromatic rings. The predicted octanol–water partition coefficient (Wildman–Crippen LogP) is 1.81. The minimum atomic E-state index is -0.0713. The van der Waals surface area contributed by atoms with E-state index in [4.69, 9.17) is 4.74 Å². The van der Waals surface area contributed by atoms with Crippen molar-refractivity contribution in [3.63, 3.8) is 0 Å². The summed E-state index contributed by atoms with van der Waals surface area (Å²) in [5.74, 6) is 0.0802. The summed E-state index contributed by atoms with van der Waals surface area (Å²) in [7, 11) is 1.61. The van der Waals surface area contributed by atoms with Crippen molar-refractivity contribution in [1.82, 2.24) is 4.90 Å². The van der Waals surface area contributed by atoms with Crippen LogP contribution in [0.3, 0.4) is 0 Å². The first-order chi connectivity index (χ1) is 8.11. The number of aromatic hydroxyl groups is 1. The number of rotatable bonds is 5. The van der Waals surface area contributed by atoms with Crippen LogP contribution < -0.4 is 0 Å². The lowest BCUT2D eigenvalue weighted by Crippen LogP contribution is -2.34. The number of ether oxygens (including phenoxy) is 1. The van der Waals surface area contributed by atoms with Gasteiger partial charge in [-0.2, -0.15) is 0 Å². The molecule has 0 aliphatic carbocycles. The molecule has 17 heavy (non-hydrogen) atoms. The van der Waals surface area contributed by atoms with Crippen LogP contribution in [-0.2, 0) is 4.74 Å². The smallest absolute Gasteiger partial charge is 0.254 e. The minimum absolute atomic E-state index is 0.0713. The van der Waals surface area contributed by atoms with Gasteiger partial charge in [-0.25, -0.2) is 0 Å². The molecule has 0 unspecified atom stereocenters. The zero-order valence-corrected chi connectivity index (χ0v) is 10.6. The molecule has 94 valence electrons. The number of phenols is 1. The van der Waals surface area contributed by atoms with Crippen LogP contribution in [-0.4, -0.2) is 42.7 Å². The Labute approximate surface area is 102 Å². The zero-order chi connectivity index (χ0) is 12.8. The Morgan fingerprint density at radius 2 is 2.18 bits per heavy atom. The van der Waals surface area contributed by atoms with Crippen LogP contribution in [0.15, 0.2) is 18.2 Å². The number of carbonyl (C=O) groups excluding carboxylic acids is 1. The van der Waals surface area contributed by atoms with Crippen molar-refractivity contribution in [1.29, 1.82) is 0 Å². The van der Waals surface area contributed by atoms with Crippen LogP contribution >= 0.6 is 0 Å². The van der Waals surface area contributed by atoms with Gasteiger partial charge in [-0.3, -0.25) is 4.79 Å². The Bertz CT molecular complexity index is 390. The van der Waals surface area contributed by atoms with E-state index >= 15 is 0 Å². The van der Waals surface area contributed by atoms with Crippen molar-refractivity contribution < 1.29 is 14.6 Å². The van der Waals surface area contributed by atoms with Gasteiger partial charge in [-0.15, -0.1) is 0 Å². The first kappa shape index (κ1) is 13.5. The number of phenolic OH excluding ortho intramolecular Hbond substituents is 1. The molecule has 0 fully saturated rings. The molecule has 0 bridgehead atoms. The maximum atomic E-state index is 12.2. The SMILES string of the molecule is CCN(CCOC)C(=O)c1cccc(O)c1C. The third kappa shape index (κ3) is 3.20. The van der Waals surface area contributed by atoms with E-state index in [0.29, 0.717) is 30.8 Å². The second kappa shape index (κ2) is 6.25. The second-order valence-corrected chi connectivity index (χ2v) is 3.83. The second-order valence-electron chi connectivity index (χ2n) is 3.83. The summed E-state index contributed by atoms with van der Waals surface area (Å²) in [5, 5.41) is 9.58. The van der Waals surface area contributed by atoms with Gasteiger partial charge in [0.1, 0.15) is 5.75 Å². The summed E-state index contributed by atoms with van der Waals surface area (Å²) in [6.07, 6.45) is 0. The normalized spacial score (nSPS) is 10.3. The molecule has 0 saturated carbocycles. The van der Waals surface area contributed by atoms with E-state index in [2.05, 4.69) is 0 Å². The lowest BCUT2D eigenvalue weighted by Gasteiger charge is -2.21. The fourth-order valence-electron chi connectivity index (χ4n) is 1.63. The van der Waals surface area contributed by atoms with Gasteiger partial charge in [0.25, 0.3) is 5.91 Å². The minimum Gasteiger partial charge on any atom is -0.508 e. The molecular formula is C13H19NO3. The topological polar surface area (TPSA) is 49.8 Å². The van der Waals surface area contributed by atoms with Gasteiger partial charge < -0.3 is 14.7 Å². The standard InChI is InChI=1S/C13H19NO3/c1-4-14(8-9-17-3)13(16)11-6-5-7-12(15)10(11)2/h5-7,15H,4,8-9H2,1-3H3. The summed E-state index contributed by atoms with van der Waals surface area (Å²) in [4.78, 5) is 13.9. The van der Waals surface area contributed by atoms with Gasteiger partial charge >= 0.3 is 0 Å². The highest BCUT2D eigenvalue weighted by atomic mass is 16.5. The maximum Gasteiger partial charge on any atom is 0.254 e. The summed E-state index contributed by atoms with van der Waals surface area (Å²) in [6, 6.07) is 4.99. The van der Waals surface area contributed by atoms with Crippen LogP contribution in [0.2, 0.25) is 0 Å². The Morgan fingerprint density at radius 3 is 2.76 bits per heavy atom. The highest BCUT2D eigenvalue weighted by Crippen LogP contribution is 2.20. The number of hydrogen-bond acceptors (Lipinski definition) is 3. The van der Waals surface area contributed by atoms with E-state index in [0.717, 1.165) is 0 Å². The van der Waals surface area contributed by atoms with Crippen molar-refractivity contribution >= 4 is 5.91 Å². The molecule has 0 aliphatic heterocycles. The molecule has 1 N–H and O–H groups in total. The first-order valence-corrected chi connectivity index (χ1v) is 5.68. The fraction of sp³-hybridized carbons (Fsp3) is 0.462. The molecule has 1 rings (SSSR count). The quantitative estimate of drug-likeness (QED) is 0.849. The van der Waals surface area contributed by atoms with E-state index in [9.17, 15) is 9.90 Å². The Morgan fingerprint density at radius 1 is 1.47 bits per heavy atom. The van der Waals surface area contributed by atoms with Gasteiger partial charge in [0.05, 0.1) is 6.61 Å². The first-order valence-electron chi connectivity index (χ1n) is 5.68. The van der Waals surface area contributed by atoms with Gasteiger partial charge in [-0.05, 0) is 26.0 Å². The zero-order valence-electron chi connectivity index (χ0n) is 10.6. The van der Waals surface area contributed by atoms with Crippen LogP contribution in [0.1, 0.15) is 22.8 Å². The summed E-state index contributed by atoms with van der Waals surface area (Å²) in [5.41, 5.74) is 1.16. The molecule has 4 heteroatoms. The Hall–Kier alpha value is -1.55. The Balaban J connectivity index is 2.90. The average Bonchev–Trinajstić information content (AvgIpc) is 2.33. The fourth-order valence-corrected chi connectivity index (χ4v) is 1.63. The molecule has 0 aromatic heterocycles. The van der Waals surface area contributed by atoms with Crippen LogP contribution in [0, 0.1) is 6.92 Å². The molecule has 1 aromatic carbocycles. The molecule has 0 radical (unpaired) electrons. The van der Waals surface area contributed by atoms with E-state index in [1.165, 1.54) is 0 Å². The van der Waals surface area contributed by atoms with Crippen molar-refractivity contribution in [2.45, 2.75) is 13.8 Å². The van der Waals surface area contributed by atoms with E-state index in [1.807, 2.05) is 6.92 Å². The van der Waals surface area contributed by atoms with Crippen LogP contribution in [0.25, 0.3) is 0 Å². The number of carbonyl (C=O) groups is 1. The number of nitrogens with zero attached hydrogens (tertiary/aromatic N) is 1. The lowest BCUT2D eigenvalue weighted by molar-refractivity contribution is 0.0705. The highest BCUT2D eigenvalue weighted by molar-refractivity contribution is 5.96. The van der Waals surface area contributed by atoms with Gasteiger partial charge in [0.2, 0.25) is 0 Å². The number of methoxy groups -OCH3 is 1. The molecule has 0 saturated heterocycles. The van der Waals surface area contributed by atoms with Gasteiger partial charge in [-0.1, -0.05) is 6.07 Å². The molecule has 0 atom stereocenters. The lowest BCUT2D eigenvalue weighted by atomic mass is 10.1. The van der Waals surface area contributed by atoms with Crippen molar-refractivity contribution in [3.8, 4) is 5.75 Å². The van der Waals surface area contributed by atoms with E-state index in [-0.39, 0.29) is 11.7 Å². The van der Waals surface area contributed by atoms with E-state index in [1.54, 1.807) is 37.1 Å². The molecule has 0 heterocycles. The Kier molecular flexibility index (Phi) is 4.97. The van der Waals surface area contributed by atoms with E-state index < -0.39 is 0 Å². The van der Waals surface area contributed by atoms with Crippen molar-refractivity contribution in [2.75, 3.05) is 26.8 Å². The monoisotopic (exact) mass is 237 g/mol. The predicted molar refractivity (Wildman–Crippen MR) is 66.3 cm³/mol. The molecule has 0 aliphatic rings. The summed E-state index contributed by atoms with van der Waals surface area (Å²) in [6.45, 7) is 5.36. The summed E-state index contributed by atoms with van der Waals surface area (Å²) < 4.78 is 4.97. The molecule has 1 amide bonds. The number of amides is 1. The third-order valence-electron chi connectivity index (χ3n) is 2.77. The molecular weight excluding hydrogens is 218 g/mol. The van der Waals surface area contributed by atoms with Crippen molar-refractivity contribution in [2.24, 2.45) is 0 Å². The number of likely N-dealkylation sites (N-methyl/N-ethyl adjacent to an activating group) is 1. The maximum absolute atomic E-state index is 12.2. The summed E-state index contributed by atoms with van der Waals surface area (Å²) >= 11 is 0. The highest BCUT2D eigenvalue weighted by Gasteiger charge is 2.17. The molecule has 4 nitrogen and oxygen atoms in total. The van der Waals surface area contributed by atoms with Crippen LogP contribution in [0.5, 0.6) is 5.75 Å². The molecule has 0 spiro atoms. The van der Waals surface area contributed by atoms with Crippen LogP contribution in [0.4, 0.5) is 0 Å². The van der Waals surface area contributed by atoms with Gasteiger partial charge in [0, 0.05) is 31.3 Å². The van der Waals surface area contributed by atoms with Gasteiger partial charge in [0.15, 0.2) is 0 Å². The largest absolute Gasteiger partial charge is 0.508 e. The van der Waals surface area contributed by atoms with Crippen molar-refractivity contribution in [3.05, 3.63) is 29.3 Å².